The van der Waals surface area contributed by atoms with Gasteiger partial charge in [-0.05, 0) is 68.4 Å². The highest BCUT2D eigenvalue weighted by atomic mass is 16.3. The summed E-state index contributed by atoms with van der Waals surface area (Å²) < 4.78 is 6.15. The van der Waals surface area contributed by atoms with E-state index < -0.39 is 0 Å². The van der Waals surface area contributed by atoms with Crippen molar-refractivity contribution in [2.75, 3.05) is 0 Å². The molecule has 0 spiro atoms. The lowest BCUT2D eigenvalue weighted by Gasteiger charge is -2.13. The molecule has 0 radical (unpaired) electrons. The molecule has 10 aromatic rings. The Kier molecular flexibility index (Phi) is 7.43. The molecule has 2 heterocycles. The van der Waals surface area contributed by atoms with Crippen LogP contribution in [0.1, 0.15) is 0 Å². The molecule has 4 nitrogen and oxygen atoms in total. The number of para-hydroxylation sites is 1. The summed E-state index contributed by atoms with van der Waals surface area (Å²) in [5.74, 6) is 1.85. The summed E-state index contributed by atoms with van der Waals surface area (Å²) in [5, 5.41) is 4.62. The van der Waals surface area contributed by atoms with E-state index in [2.05, 4.69) is 158 Å². The van der Waals surface area contributed by atoms with Crippen LogP contribution in [0.25, 0.3) is 100 Å². The van der Waals surface area contributed by atoms with Crippen LogP contribution in [-0.2, 0) is 0 Å². The van der Waals surface area contributed by atoms with Gasteiger partial charge in [0.2, 0.25) is 0 Å². The van der Waals surface area contributed by atoms with E-state index in [1.54, 1.807) is 0 Å². The number of hydrogen-bond acceptors (Lipinski definition) is 4. The second-order valence-corrected chi connectivity index (χ2v) is 13.2. The molecule has 4 heteroatoms. The Labute approximate surface area is 306 Å². The molecule has 0 aliphatic rings. The van der Waals surface area contributed by atoms with Crippen molar-refractivity contribution in [2.24, 2.45) is 0 Å². The number of nitrogens with zero attached hydrogens (tertiary/aromatic N) is 3. The molecule has 0 amide bonds. The minimum absolute atomic E-state index is 0.614. The molecule has 8 aromatic carbocycles. The van der Waals surface area contributed by atoms with Gasteiger partial charge in [0.25, 0.3) is 0 Å². The van der Waals surface area contributed by atoms with Crippen LogP contribution in [0.4, 0.5) is 0 Å². The maximum absolute atomic E-state index is 6.15. The molecule has 0 saturated carbocycles. The molecular formula is C49H31N3O. The zero-order valence-electron chi connectivity index (χ0n) is 28.6. The summed E-state index contributed by atoms with van der Waals surface area (Å²) in [7, 11) is 0. The topological polar surface area (TPSA) is 51.8 Å². The first-order valence-electron chi connectivity index (χ1n) is 17.8. The maximum atomic E-state index is 6.15. The van der Waals surface area contributed by atoms with Crippen LogP contribution >= 0.6 is 0 Å². The number of furan rings is 1. The molecule has 0 N–H and O–H groups in total. The summed E-state index contributed by atoms with van der Waals surface area (Å²) >= 11 is 0. The van der Waals surface area contributed by atoms with E-state index >= 15 is 0 Å². The number of benzene rings is 8. The molecule has 248 valence electrons. The molecule has 2 aromatic heterocycles. The van der Waals surface area contributed by atoms with Gasteiger partial charge in [0.15, 0.2) is 17.5 Å². The van der Waals surface area contributed by atoms with Gasteiger partial charge in [0, 0.05) is 27.5 Å². The van der Waals surface area contributed by atoms with Gasteiger partial charge in [0.1, 0.15) is 11.2 Å². The van der Waals surface area contributed by atoms with Crippen molar-refractivity contribution in [3.8, 4) is 67.5 Å². The zero-order valence-corrected chi connectivity index (χ0v) is 28.6. The first-order valence-corrected chi connectivity index (χ1v) is 17.8. The highest BCUT2D eigenvalue weighted by Crippen LogP contribution is 2.37. The third-order valence-electron chi connectivity index (χ3n) is 9.97. The molecule has 0 saturated heterocycles. The van der Waals surface area contributed by atoms with E-state index in [-0.39, 0.29) is 0 Å². The summed E-state index contributed by atoms with van der Waals surface area (Å²) in [4.78, 5) is 15.4. The van der Waals surface area contributed by atoms with Crippen molar-refractivity contribution in [1.29, 1.82) is 0 Å². The lowest BCUT2D eigenvalue weighted by Crippen LogP contribution is -2.01. The largest absolute Gasteiger partial charge is 0.456 e. The highest BCUT2D eigenvalue weighted by Gasteiger charge is 2.17. The van der Waals surface area contributed by atoms with Crippen LogP contribution in [0.2, 0.25) is 0 Å². The van der Waals surface area contributed by atoms with Crippen LogP contribution < -0.4 is 0 Å². The Balaban J connectivity index is 1.09. The second kappa shape index (κ2) is 12.9. The molecule has 10 rings (SSSR count). The van der Waals surface area contributed by atoms with E-state index in [1.165, 1.54) is 21.9 Å². The van der Waals surface area contributed by atoms with E-state index in [4.69, 9.17) is 19.4 Å². The van der Waals surface area contributed by atoms with Gasteiger partial charge < -0.3 is 4.42 Å². The molecule has 53 heavy (non-hydrogen) atoms. The minimum Gasteiger partial charge on any atom is -0.456 e. The van der Waals surface area contributed by atoms with Gasteiger partial charge in [-0.25, -0.2) is 15.0 Å². The third-order valence-corrected chi connectivity index (χ3v) is 9.97. The standard InChI is InChI=1S/C49H31N3O/c1-2-10-32(11-3-1)34-18-23-36(24-19-34)47-50-48(37-25-20-35(21-26-37)39-27-22-33-12-4-5-13-38(33)30-39)52-49(51-47)43-16-7-6-14-41(43)40-28-29-46-44(31-40)42-15-8-9-17-45(42)53-46/h1-31H. The molecule has 0 aliphatic heterocycles. The Morgan fingerprint density at radius 2 is 0.792 bits per heavy atom. The first-order chi connectivity index (χ1) is 26.2. The lowest BCUT2D eigenvalue weighted by molar-refractivity contribution is 0.669. The van der Waals surface area contributed by atoms with Crippen LogP contribution in [0, 0.1) is 0 Å². The van der Waals surface area contributed by atoms with Crippen LogP contribution in [-0.4, -0.2) is 15.0 Å². The molecular weight excluding hydrogens is 647 g/mol. The minimum atomic E-state index is 0.614. The average molecular weight is 678 g/mol. The Hall–Kier alpha value is -7.17. The van der Waals surface area contributed by atoms with Crippen molar-refractivity contribution >= 4 is 32.7 Å². The summed E-state index contributed by atoms with van der Waals surface area (Å²) in [5.41, 5.74) is 11.2. The average Bonchev–Trinajstić information content (AvgIpc) is 3.62. The van der Waals surface area contributed by atoms with Crippen LogP contribution in [0.15, 0.2) is 192 Å². The Bertz CT molecular complexity index is 2930. The van der Waals surface area contributed by atoms with Crippen molar-refractivity contribution < 1.29 is 4.42 Å². The molecule has 0 unspecified atom stereocenters. The highest BCUT2D eigenvalue weighted by molar-refractivity contribution is 6.06. The Morgan fingerprint density at radius 3 is 1.55 bits per heavy atom. The fraction of sp³-hybridized carbons (Fsp3) is 0. The van der Waals surface area contributed by atoms with E-state index in [0.29, 0.717) is 17.5 Å². The summed E-state index contributed by atoms with van der Waals surface area (Å²) in [6, 6.07) is 65.3. The Morgan fingerprint density at radius 1 is 0.283 bits per heavy atom. The summed E-state index contributed by atoms with van der Waals surface area (Å²) in [6.07, 6.45) is 0. The molecule has 0 bridgehead atoms. The fourth-order valence-electron chi connectivity index (χ4n) is 7.20. The smallest absolute Gasteiger partial charge is 0.164 e. The van der Waals surface area contributed by atoms with Gasteiger partial charge >= 0.3 is 0 Å². The van der Waals surface area contributed by atoms with Crippen molar-refractivity contribution in [3.05, 3.63) is 188 Å². The number of hydrogen-bond donors (Lipinski definition) is 0. The van der Waals surface area contributed by atoms with E-state index in [1.807, 2.05) is 30.3 Å². The third kappa shape index (κ3) is 5.73. The predicted octanol–water partition coefficient (Wildman–Crippen LogP) is 12.9. The predicted molar refractivity (Wildman–Crippen MR) is 217 cm³/mol. The number of fused-ring (bicyclic) bond motifs is 4. The lowest BCUT2D eigenvalue weighted by atomic mass is 9.97. The quantitative estimate of drug-likeness (QED) is 0.176. The van der Waals surface area contributed by atoms with Gasteiger partial charge in [-0.1, -0.05) is 164 Å². The van der Waals surface area contributed by atoms with Crippen LogP contribution in [0.3, 0.4) is 0 Å². The van der Waals surface area contributed by atoms with E-state index in [9.17, 15) is 0 Å². The van der Waals surface area contributed by atoms with E-state index in [0.717, 1.165) is 60.9 Å². The van der Waals surface area contributed by atoms with Gasteiger partial charge in [-0.2, -0.15) is 0 Å². The monoisotopic (exact) mass is 677 g/mol. The molecule has 0 aliphatic carbocycles. The first kappa shape index (κ1) is 30.6. The fourth-order valence-corrected chi connectivity index (χ4v) is 7.20. The molecule has 0 fully saturated rings. The zero-order chi connectivity index (χ0) is 35.1. The molecule has 0 atom stereocenters. The van der Waals surface area contributed by atoms with Crippen molar-refractivity contribution in [2.45, 2.75) is 0 Å². The number of rotatable bonds is 6. The SMILES string of the molecule is c1ccc(-c2ccc(-c3nc(-c4ccc(-c5ccc6ccccc6c5)cc4)nc(-c4ccccc4-c4ccc5oc6ccccc6c5c4)n3)cc2)cc1. The van der Waals surface area contributed by atoms with Crippen LogP contribution in [0.5, 0.6) is 0 Å². The van der Waals surface area contributed by atoms with Crippen molar-refractivity contribution in [3.63, 3.8) is 0 Å². The van der Waals surface area contributed by atoms with Crippen molar-refractivity contribution in [1.82, 2.24) is 15.0 Å². The number of aromatic nitrogens is 3. The second-order valence-electron chi connectivity index (χ2n) is 13.2. The maximum Gasteiger partial charge on any atom is 0.164 e. The van der Waals surface area contributed by atoms with Gasteiger partial charge in [-0.3, -0.25) is 0 Å². The van der Waals surface area contributed by atoms with Gasteiger partial charge in [-0.15, -0.1) is 0 Å². The normalized spacial score (nSPS) is 11.4. The van der Waals surface area contributed by atoms with Gasteiger partial charge in [0.05, 0.1) is 0 Å². The summed E-state index contributed by atoms with van der Waals surface area (Å²) in [6.45, 7) is 0.